The van der Waals surface area contributed by atoms with Crippen LogP contribution in [-0.2, 0) is 19.0 Å². The maximum absolute atomic E-state index is 14.0. The number of nitrogens with one attached hydrogen (secondary N) is 1. The minimum absolute atomic E-state index is 0.169. The molecule has 13 nitrogen and oxygen atoms in total. The second-order valence-corrected chi connectivity index (χ2v) is 11.8. The van der Waals surface area contributed by atoms with Crippen molar-refractivity contribution in [2.45, 2.75) is 44.7 Å². The van der Waals surface area contributed by atoms with Gasteiger partial charge in [0.2, 0.25) is 5.88 Å². The molecule has 49 heavy (non-hydrogen) atoms. The third-order valence-electron chi connectivity index (χ3n) is 7.86. The van der Waals surface area contributed by atoms with Crippen LogP contribution in [0.5, 0.6) is 5.88 Å². The van der Waals surface area contributed by atoms with Gasteiger partial charge in [-0.15, -0.1) is 0 Å². The first-order valence-electron chi connectivity index (χ1n) is 15.9. The largest absolute Gasteiger partial charge is 0.483 e. The molecule has 0 saturated heterocycles. The Bertz CT molecular complexity index is 1700. The summed E-state index contributed by atoms with van der Waals surface area (Å²) >= 11 is 6.29. The Morgan fingerprint density at radius 3 is 2.49 bits per heavy atom. The van der Waals surface area contributed by atoms with Crippen molar-refractivity contribution in [3.8, 4) is 17.0 Å². The third-order valence-corrected chi connectivity index (χ3v) is 8.18. The predicted octanol–water partition coefficient (Wildman–Crippen LogP) is 4.98. The zero-order valence-electron chi connectivity index (χ0n) is 27.6. The molecule has 4 aromatic rings. The smallest absolute Gasteiger partial charge is 0.290 e. The summed E-state index contributed by atoms with van der Waals surface area (Å²) in [5.41, 5.74) is 18.0. The lowest BCUT2D eigenvalue weighted by Gasteiger charge is -2.28. The molecule has 5 rings (SSSR count). The summed E-state index contributed by atoms with van der Waals surface area (Å²) in [7, 11) is 1.64. The number of nitrogens with two attached hydrogens (primary N) is 2. The Morgan fingerprint density at radius 1 is 1.10 bits per heavy atom. The fourth-order valence-electron chi connectivity index (χ4n) is 5.36. The summed E-state index contributed by atoms with van der Waals surface area (Å²) in [4.78, 5) is 17.4. The number of hydrogen-bond donors (Lipinski definition) is 4. The van der Waals surface area contributed by atoms with Crippen molar-refractivity contribution in [3.05, 3.63) is 70.9 Å². The maximum Gasteiger partial charge on any atom is 0.290 e. The normalized spacial score (nSPS) is 16.2. The lowest BCUT2D eigenvalue weighted by molar-refractivity contribution is -0.122. The van der Waals surface area contributed by atoms with Crippen molar-refractivity contribution >= 4 is 40.8 Å². The predicted molar refractivity (Wildman–Crippen MR) is 187 cm³/mol. The summed E-state index contributed by atoms with van der Waals surface area (Å²) in [6, 6.07) is 8.34. The summed E-state index contributed by atoms with van der Waals surface area (Å²) in [5, 5.41) is 15.5. The molecule has 1 saturated carbocycles. The van der Waals surface area contributed by atoms with Crippen LogP contribution in [0, 0.1) is 12.7 Å². The fourth-order valence-corrected chi connectivity index (χ4v) is 5.52. The number of pyridine rings is 1. The molecule has 0 amide bonds. The third kappa shape index (κ3) is 10.8. The van der Waals surface area contributed by atoms with Crippen LogP contribution in [0.15, 0.2) is 53.9 Å². The highest BCUT2D eigenvalue weighted by Crippen LogP contribution is 2.33. The van der Waals surface area contributed by atoms with Gasteiger partial charge in [-0.3, -0.25) is 4.79 Å². The van der Waals surface area contributed by atoms with Gasteiger partial charge in [0, 0.05) is 54.8 Å². The number of aliphatic imine (C=N–C) groups is 1. The number of aromatic nitrogens is 3. The zero-order chi connectivity index (χ0) is 35.2. The molecule has 1 aromatic carbocycles. The number of aryl methyl sites for hydroxylation is 1. The quantitative estimate of drug-likeness (QED) is 0.0569. The average Bonchev–Trinajstić information content (AvgIpc) is 3.52. The number of carboxylic acid groups (broad SMARTS) is 1. The van der Waals surface area contributed by atoms with Crippen LogP contribution < -0.4 is 21.5 Å². The molecule has 0 unspecified atom stereocenters. The van der Waals surface area contributed by atoms with E-state index in [2.05, 4.69) is 20.4 Å². The molecule has 0 spiro atoms. The zero-order valence-corrected chi connectivity index (χ0v) is 28.4. The van der Waals surface area contributed by atoms with Gasteiger partial charge in [-0.1, -0.05) is 11.6 Å². The second kappa shape index (κ2) is 19.0. The van der Waals surface area contributed by atoms with E-state index in [4.69, 9.17) is 51.9 Å². The van der Waals surface area contributed by atoms with Gasteiger partial charge in [0.25, 0.3) is 6.47 Å². The van der Waals surface area contributed by atoms with Crippen molar-refractivity contribution in [1.82, 2.24) is 14.6 Å². The van der Waals surface area contributed by atoms with Gasteiger partial charge in [-0.05, 0) is 56.4 Å². The maximum atomic E-state index is 14.0. The lowest BCUT2D eigenvalue weighted by atomic mass is 9.91. The van der Waals surface area contributed by atoms with Gasteiger partial charge in [0.1, 0.15) is 18.3 Å². The molecule has 3 aromatic heterocycles. The molecule has 6 N–H and O–H groups in total. The van der Waals surface area contributed by atoms with E-state index in [9.17, 15) is 4.39 Å². The summed E-state index contributed by atoms with van der Waals surface area (Å²) < 4.78 is 37.5. The number of hydrogen-bond acceptors (Lipinski definition) is 10. The standard InChI is InChI=1S/C33H41ClFN7O4.CH2O2/c1-21-15-31(46-14-13-45-12-11-44-10-9-43-2)38-18-26(21)22-16-30-32(40-25-6-4-24(36)5-7-25)27(19-39-42(30)20-22)33(37)41-29-17-23(35)3-8-28(29)34;2-1-3/h3,8,15-20,24-25,40H,4-7,9-14,36H2,1-2H3,(H2,37,41);1H,(H,2,3). The number of rotatable bonds is 15. The Hall–Kier alpha value is -4.34. The summed E-state index contributed by atoms with van der Waals surface area (Å²) in [6.45, 7) is 4.65. The van der Waals surface area contributed by atoms with E-state index in [0.717, 1.165) is 53.6 Å². The molecule has 0 bridgehead atoms. The molecule has 0 atom stereocenters. The number of fused-ring (bicyclic) bond motifs is 1. The molecular formula is C34H43ClFN7O6. The number of ether oxygens (including phenoxy) is 4. The van der Waals surface area contributed by atoms with Gasteiger partial charge >= 0.3 is 0 Å². The molecular weight excluding hydrogens is 657 g/mol. The van der Waals surface area contributed by atoms with Crippen molar-refractivity contribution in [3.63, 3.8) is 0 Å². The molecule has 1 aliphatic rings. The number of halogens is 2. The van der Waals surface area contributed by atoms with Crippen LogP contribution in [0.2, 0.25) is 5.02 Å². The van der Waals surface area contributed by atoms with Crippen LogP contribution in [0.4, 0.5) is 15.8 Å². The number of benzene rings is 1. The first kappa shape index (κ1) is 37.5. The Kier molecular flexibility index (Phi) is 14.5. The van der Waals surface area contributed by atoms with Crippen molar-refractivity contribution in [2.75, 3.05) is 52.1 Å². The Morgan fingerprint density at radius 2 is 1.80 bits per heavy atom. The number of amidine groups is 1. The topological polar surface area (TPSA) is 181 Å². The highest BCUT2D eigenvalue weighted by molar-refractivity contribution is 6.33. The number of carbonyl (C=O) groups is 1. The van der Waals surface area contributed by atoms with Crippen LogP contribution in [0.25, 0.3) is 16.6 Å². The minimum Gasteiger partial charge on any atom is -0.483 e. The van der Waals surface area contributed by atoms with E-state index in [1.807, 2.05) is 25.3 Å². The molecule has 1 fully saturated rings. The monoisotopic (exact) mass is 699 g/mol. The first-order valence-corrected chi connectivity index (χ1v) is 16.3. The van der Waals surface area contributed by atoms with Crippen LogP contribution >= 0.6 is 11.6 Å². The fraction of sp³-hybridized carbons (Fsp3) is 0.412. The van der Waals surface area contributed by atoms with E-state index in [-0.39, 0.29) is 30.1 Å². The van der Waals surface area contributed by atoms with Gasteiger partial charge in [-0.25, -0.2) is 18.9 Å². The summed E-state index contributed by atoms with van der Waals surface area (Å²) in [5.74, 6) is 0.233. The highest BCUT2D eigenvalue weighted by atomic mass is 35.5. The van der Waals surface area contributed by atoms with Gasteiger partial charge < -0.3 is 40.8 Å². The van der Waals surface area contributed by atoms with E-state index in [1.54, 1.807) is 24.0 Å². The van der Waals surface area contributed by atoms with Gasteiger partial charge in [0.15, 0.2) is 0 Å². The number of nitrogens with zero attached hydrogens (tertiary/aromatic N) is 4. The molecule has 264 valence electrons. The molecule has 1 aliphatic carbocycles. The van der Waals surface area contributed by atoms with Crippen molar-refractivity contribution < 1.29 is 33.2 Å². The van der Waals surface area contributed by atoms with Crippen molar-refractivity contribution in [1.29, 1.82) is 0 Å². The SMILES string of the molecule is COCCOCCOCCOc1cc(C)c(-c2cc3c(NC4CCC(N)CC4)c(C(N)=Nc4cc(F)ccc4Cl)cnn3c2)cn1.O=CO. The van der Waals surface area contributed by atoms with E-state index in [0.29, 0.717) is 56.1 Å². The molecule has 15 heteroatoms. The molecule has 0 aliphatic heterocycles. The van der Waals surface area contributed by atoms with E-state index >= 15 is 0 Å². The van der Waals surface area contributed by atoms with E-state index in [1.165, 1.54) is 18.2 Å². The van der Waals surface area contributed by atoms with Crippen molar-refractivity contribution in [2.24, 2.45) is 16.5 Å². The number of methoxy groups -OCH3 is 1. The Balaban J connectivity index is 0.00000174. The second-order valence-electron chi connectivity index (χ2n) is 11.3. The lowest BCUT2D eigenvalue weighted by Crippen LogP contribution is -2.33. The minimum atomic E-state index is -0.453. The van der Waals surface area contributed by atoms with Crippen LogP contribution in [0.3, 0.4) is 0 Å². The average molecular weight is 700 g/mol. The summed E-state index contributed by atoms with van der Waals surface area (Å²) in [6.07, 6.45) is 9.11. The first-order chi connectivity index (χ1) is 23.7. The van der Waals surface area contributed by atoms with Gasteiger partial charge in [-0.2, -0.15) is 5.10 Å². The number of anilines is 1. The highest BCUT2D eigenvalue weighted by Gasteiger charge is 2.23. The van der Waals surface area contributed by atoms with Gasteiger partial charge in [0.05, 0.1) is 66.7 Å². The van der Waals surface area contributed by atoms with Crippen LogP contribution in [0.1, 0.15) is 36.8 Å². The van der Waals surface area contributed by atoms with Crippen LogP contribution in [-0.4, -0.2) is 90.8 Å². The molecule has 3 heterocycles. The van der Waals surface area contributed by atoms with E-state index < -0.39 is 5.82 Å². The Labute approximate surface area is 289 Å². The molecule has 0 radical (unpaired) electrons.